The maximum Gasteiger partial charge on any atom is 0.322 e. The van der Waals surface area contributed by atoms with Gasteiger partial charge in [-0.1, -0.05) is 48.8 Å². The molecule has 0 saturated heterocycles. The van der Waals surface area contributed by atoms with Crippen LogP contribution >= 0.6 is 23.8 Å². The minimum Gasteiger partial charge on any atom is -0.392 e. The summed E-state index contributed by atoms with van der Waals surface area (Å²) >= 11 is 11.0. The van der Waals surface area contributed by atoms with Gasteiger partial charge >= 0.3 is 6.03 Å². The molecule has 0 bridgehead atoms. The summed E-state index contributed by atoms with van der Waals surface area (Å²) in [5.41, 5.74) is 6.21. The van der Waals surface area contributed by atoms with Crippen molar-refractivity contribution in [2.24, 2.45) is 5.73 Å². The first-order valence-electron chi connectivity index (χ1n) is 6.68. The number of nitrogens with one attached hydrogen (secondary N) is 1. The number of para-hydroxylation sites is 1. The van der Waals surface area contributed by atoms with E-state index in [4.69, 9.17) is 29.6 Å². The lowest BCUT2D eigenvalue weighted by molar-refractivity contribution is 0.199. The highest BCUT2D eigenvalue weighted by atomic mass is 35.5. The van der Waals surface area contributed by atoms with Crippen LogP contribution in [0.3, 0.4) is 0 Å². The van der Waals surface area contributed by atoms with Crippen LogP contribution in [0.1, 0.15) is 25.7 Å². The van der Waals surface area contributed by atoms with Crippen molar-refractivity contribution in [2.45, 2.75) is 31.7 Å². The highest BCUT2D eigenvalue weighted by Gasteiger charge is 2.27. The average Bonchev–Trinajstić information content (AvgIpc) is 2.92. The smallest absolute Gasteiger partial charge is 0.322 e. The number of hydrogen-bond donors (Lipinski definition) is 2. The molecule has 20 heavy (non-hydrogen) atoms. The third-order valence-corrected chi connectivity index (χ3v) is 3.93. The van der Waals surface area contributed by atoms with Gasteiger partial charge in [-0.05, 0) is 25.0 Å². The SMILES string of the molecule is NC(=S)CN(C(=O)Nc1ccccc1Cl)C1CCCC1. The second-order valence-electron chi connectivity index (χ2n) is 4.94. The Morgan fingerprint density at radius 2 is 2.05 bits per heavy atom. The van der Waals surface area contributed by atoms with Gasteiger partial charge < -0.3 is 16.0 Å². The number of thiocarbonyl (C=S) groups is 1. The van der Waals surface area contributed by atoms with Crippen LogP contribution in [0.5, 0.6) is 0 Å². The van der Waals surface area contributed by atoms with Crippen LogP contribution < -0.4 is 11.1 Å². The highest BCUT2D eigenvalue weighted by Crippen LogP contribution is 2.25. The number of nitrogens with zero attached hydrogens (tertiary/aromatic N) is 1. The van der Waals surface area contributed by atoms with Gasteiger partial charge in [0, 0.05) is 6.04 Å². The number of carbonyl (C=O) groups excluding carboxylic acids is 1. The molecule has 3 N–H and O–H groups in total. The molecule has 0 atom stereocenters. The van der Waals surface area contributed by atoms with E-state index in [9.17, 15) is 4.79 Å². The monoisotopic (exact) mass is 311 g/mol. The Balaban J connectivity index is 2.09. The summed E-state index contributed by atoms with van der Waals surface area (Å²) in [5.74, 6) is 0. The molecule has 1 aromatic carbocycles. The maximum absolute atomic E-state index is 12.4. The Morgan fingerprint density at radius 1 is 1.40 bits per heavy atom. The summed E-state index contributed by atoms with van der Waals surface area (Å²) in [6, 6.07) is 7.17. The van der Waals surface area contributed by atoms with E-state index in [2.05, 4.69) is 5.32 Å². The van der Waals surface area contributed by atoms with Crippen molar-refractivity contribution < 1.29 is 4.79 Å². The first-order chi connectivity index (χ1) is 9.58. The fourth-order valence-electron chi connectivity index (χ4n) is 2.50. The third-order valence-electron chi connectivity index (χ3n) is 3.47. The van der Waals surface area contributed by atoms with Gasteiger partial charge in [-0.25, -0.2) is 4.79 Å². The van der Waals surface area contributed by atoms with Gasteiger partial charge in [-0.2, -0.15) is 0 Å². The van der Waals surface area contributed by atoms with Crippen molar-refractivity contribution in [1.29, 1.82) is 0 Å². The Bertz CT molecular complexity index is 503. The molecule has 0 unspecified atom stereocenters. The molecule has 2 amide bonds. The summed E-state index contributed by atoms with van der Waals surface area (Å²) in [6.07, 6.45) is 4.27. The molecule has 0 aromatic heterocycles. The van der Waals surface area contributed by atoms with E-state index >= 15 is 0 Å². The summed E-state index contributed by atoms with van der Waals surface area (Å²) in [7, 11) is 0. The van der Waals surface area contributed by atoms with Gasteiger partial charge in [0.15, 0.2) is 0 Å². The van der Waals surface area contributed by atoms with Crippen LogP contribution in [-0.4, -0.2) is 28.5 Å². The standard InChI is InChI=1S/C14H18ClN3OS/c15-11-7-3-4-8-12(11)17-14(19)18(9-13(16)20)10-5-1-2-6-10/h3-4,7-8,10H,1-2,5-6,9H2,(H2,16,20)(H,17,19). The number of urea groups is 1. The zero-order chi connectivity index (χ0) is 14.5. The highest BCUT2D eigenvalue weighted by molar-refractivity contribution is 7.80. The first kappa shape index (κ1) is 15.1. The summed E-state index contributed by atoms with van der Waals surface area (Å²) in [6.45, 7) is 0.302. The average molecular weight is 312 g/mol. The van der Waals surface area contributed by atoms with Gasteiger partial charge in [0.2, 0.25) is 0 Å². The lowest BCUT2D eigenvalue weighted by Gasteiger charge is -2.28. The van der Waals surface area contributed by atoms with E-state index in [1.54, 1.807) is 17.0 Å². The molecule has 2 rings (SSSR count). The van der Waals surface area contributed by atoms with Crippen LogP contribution in [0.25, 0.3) is 0 Å². The summed E-state index contributed by atoms with van der Waals surface area (Å²) in [5, 5.41) is 3.35. The Morgan fingerprint density at radius 3 is 2.65 bits per heavy atom. The van der Waals surface area contributed by atoms with Crippen LogP contribution in [-0.2, 0) is 0 Å². The fraction of sp³-hybridized carbons (Fsp3) is 0.429. The number of hydrogen-bond acceptors (Lipinski definition) is 2. The summed E-state index contributed by atoms with van der Waals surface area (Å²) in [4.78, 5) is 14.5. The number of benzene rings is 1. The van der Waals surface area contributed by atoms with Gasteiger partial charge in [0.05, 0.1) is 22.2 Å². The molecule has 1 saturated carbocycles. The third kappa shape index (κ3) is 3.84. The molecule has 0 heterocycles. The molecule has 0 radical (unpaired) electrons. The van der Waals surface area contributed by atoms with Gasteiger partial charge in [-0.15, -0.1) is 0 Å². The molecular formula is C14H18ClN3OS. The molecule has 1 fully saturated rings. The molecular weight excluding hydrogens is 294 g/mol. The number of halogens is 1. The zero-order valence-electron chi connectivity index (χ0n) is 11.1. The van der Waals surface area contributed by atoms with Gasteiger partial charge in [-0.3, -0.25) is 0 Å². The Hall–Kier alpha value is -1.33. The maximum atomic E-state index is 12.4. The van der Waals surface area contributed by atoms with Crippen LogP contribution in [0, 0.1) is 0 Å². The molecule has 1 aliphatic rings. The normalized spacial score (nSPS) is 15.1. The molecule has 1 aliphatic carbocycles. The second-order valence-corrected chi connectivity index (χ2v) is 5.87. The van der Waals surface area contributed by atoms with Gasteiger partial charge in [0.1, 0.15) is 0 Å². The first-order valence-corrected chi connectivity index (χ1v) is 7.47. The fourth-order valence-corrected chi connectivity index (χ4v) is 2.82. The van der Waals surface area contributed by atoms with E-state index in [0.29, 0.717) is 22.2 Å². The number of carbonyl (C=O) groups is 1. The molecule has 1 aromatic rings. The van der Waals surface area contributed by atoms with Crippen molar-refractivity contribution in [3.05, 3.63) is 29.3 Å². The van der Waals surface area contributed by atoms with Crippen molar-refractivity contribution in [3.8, 4) is 0 Å². The molecule has 6 heteroatoms. The summed E-state index contributed by atoms with van der Waals surface area (Å²) < 4.78 is 0. The van der Waals surface area contributed by atoms with Crippen molar-refractivity contribution >= 4 is 40.5 Å². The molecule has 0 spiro atoms. The Labute approximate surface area is 129 Å². The second kappa shape index (κ2) is 6.90. The largest absolute Gasteiger partial charge is 0.392 e. The molecule has 4 nitrogen and oxygen atoms in total. The van der Waals surface area contributed by atoms with Crippen molar-refractivity contribution in [1.82, 2.24) is 4.90 Å². The number of nitrogens with two attached hydrogens (primary N) is 1. The quantitative estimate of drug-likeness (QED) is 0.838. The topological polar surface area (TPSA) is 58.4 Å². The minimum absolute atomic E-state index is 0.196. The molecule has 108 valence electrons. The van der Waals surface area contributed by atoms with E-state index in [1.165, 1.54) is 0 Å². The lowest BCUT2D eigenvalue weighted by Crippen LogP contribution is -2.45. The Kier molecular flexibility index (Phi) is 5.20. The van der Waals surface area contributed by atoms with E-state index in [0.717, 1.165) is 25.7 Å². The predicted octanol–water partition coefficient (Wildman–Crippen LogP) is 3.40. The lowest BCUT2D eigenvalue weighted by atomic mass is 10.2. The van der Waals surface area contributed by atoms with Crippen LogP contribution in [0.15, 0.2) is 24.3 Å². The number of amides is 2. The number of anilines is 1. The van der Waals surface area contributed by atoms with E-state index in [-0.39, 0.29) is 12.1 Å². The minimum atomic E-state index is -0.196. The number of rotatable bonds is 4. The zero-order valence-corrected chi connectivity index (χ0v) is 12.7. The van der Waals surface area contributed by atoms with E-state index in [1.807, 2.05) is 12.1 Å². The van der Waals surface area contributed by atoms with E-state index < -0.39 is 0 Å². The van der Waals surface area contributed by atoms with Crippen LogP contribution in [0.4, 0.5) is 10.5 Å². The van der Waals surface area contributed by atoms with Gasteiger partial charge in [0.25, 0.3) is 0 Å². The van der Waals surface area contributed by atoms with Crippen molar-refractivity contribution in [2.75, 3.05) is 11.9 Å². The predicted molar refractivity (Wildman–Crippen MR) is 86.2 cm³/mol. The molecule has 0 aliphatic heterocycles. The van der Waals surface area contributed by atoms with Crippen molar-refractivity contribution in [3.63, 3.8) is 0 Å². The van der Waals surface area contributed by atoms with Crippen LogP contribution in [0.2, 0.25) is 5.02 Å².